The summed E-state index contributed by atoms with van der Waals surface area (Å²) in [4.78, 5) is 27.5. The number of aromatic hydroxyl groups is 1. The second-order valence-corrected chi connectivity index (χ2v) is 6.88. The first-order valence-corrected chi connectivity index (χ1v) is 8.91. The fraction of sp³-hybridized carbons (Fsp3) is 0.118. The highest BCUT2D eigenvalue weighted by Crippen LogP contribution is 2.32. The molecule has 1 heterocycles. The van der Waals surface area contributed by atoms with Crippen LogP contribution in [-0.2, 0) is 6.42 Å². The Kier molecular flexibility index (Phi) is 5.24. The molecule has 0 saturated carbocycles. The molecule has 0 amide bonds. The van der Waals surface area contributed by atoms with E-state index in [2.05, 4.69) is 26.0 Å². The SMILES string of the molecule is CCc1nc2ccc(Br)cc2c(=O)n1N=Cc1cc(Cl)cc([N+](=O)[O-])c1O. The van der Waals surface area contributed by atoms with E-state index in [0.717, 1.165) is 21.4 Å². The first kappa shape index (κ1) is 19.0. The van der Waals surface area contributed by atoms with Gasteiger partial charge in [0.25, 0.3) is 5.56 Å². The van der Waals surface area contributed by atoms with Gasteiger partial charge in [-0.25, -0.2) is 4.98 Å². The van der Waals surface area contributed by atoms with Crippen LogP contribution < -0.4 is 5.56 Å². The number of phenolic OH excluding ortho intramolecular Hbond substituents is 1. The van der Waals surface area contributed by atoms with Crippen LogP contribution in [0, 0.1) is 10.1 Å². The lowest BCUT2D eigenvalue weighted by Crippen LogP contribution is -2.22. The lowest BCUT2D eigenvalue weighted by Gasteiger charge is -2.08. The Morgan fingerprint density at radius 3 is 2.81 bits per heavy atom. The Morgan fingerprint density at radius 2 is 2.15 bits per heavy atom. The van der Waals surface area contributed by atoms with Crippen molar-refractivity contribution in [3.63, 3.8) is 0 Å². The average molecular weight is 452 g/mol. The number of hydrogen-bond donors (Lipinski definition) is 1. The molecule has 0 fully saturated rings. The number of benzene rings is 2. The van der Waals surface area contributed by atoms with Crippen molar-refractivity contribution >= 4 is 50.3 Å². The largest absolute Gasteiger partial charge is 0.502 e. The van der Waals surface area contributed by atoms with Gasteiger partial charge in [-0.15, -0.1) is 0 Å². The van der Waals surface area contributed by atoms with Crippen LogP contribution in [0.5, 0.6) is 5.75 Å². The number of nitro groups is 1. The Bertz CT molecular complexity index is 1160. The summed E-state index contributed by atoms with van der Waals surface area (Å²) in [5.74, 6) is -0.183. The van der Waals surface area contributed by atoms with Crippen molar-refractivity contribution in [3.8, 4) is 5.75 Å². The Hall–Kier alpha value is -2.78. The molecule has 0 radical (unpaired) electrons. The van der Waals surface area contributed by atoms with Gasteiger partial charge in [0.1, 0.15) is 5.82 Å². The molecule has 0 aliphatic rings. The van der Waals surface area contributed by atoms with Crippen molar-refractivity contribution in [3.05, 3.63) is 71.7 Å². The van der Waals surface area contributed by atoms with E-state index in [-0.39, 0.29) is 10.6 Å². The number of aromatic nitrogens is 2. The van der Waals surface area contributed by atoms with E-state index in [1.54, 1.807) is 18.2 Å². The predicted molar refractivity (Wildman–Crippen MR) is 106 cm³/mol. The number of halogens is 2. The maximum atomic E-state index is 12.8. The molecule has 27 heavy (non-hydrogen) atoms. The number of phenols is 1. The number of nitrogens with zero attached hydrogens (tertiary/aromatic N) is 4. The summed E-state index contributed by atoms with van der Waals surface area (Å²) in [5, 5.41) is 25.6. The van der Waals surface area contributed by atoms with Crippen LogP contribution in [0.3, 0.4) is 0 Å². The fourth-order valence-electron chi connectivity index (χ4n) is 2.51. The molecule has 0 aliphatic carbocycles. The molecule has 138 valence electrons. The zero-order valence-electron chi connectivity index (χ0n) is 13.9. The van der Waals surface area contributed by atoms with E-state index < -0.39 is 21.9 Å². The molecule has 2 aromatic carbocycles. The summed E-state index contributed by atoms with van der Waals surface area (Å²) in [7, 11) is 0. The Morgan fingerprint density at radius 1 is 1.41 bits per heavy atom. The minimum atomic E-state index is -0.753. The number of hydrogen-bond acceptors (Lipinski definition) is 6. The summed E-state index contributed by atoms with van der Waals surface area (Å²) in [6, 6.07) is 7.49. The molecule has 10 heteroatoms. The van der Waals surface area contributed by atoms with Crippen LogP contribution in [0.2, 0.25) is 5.02 Å². The van der Waals surface area contributed by atoms with Crippen molar-refractivity contribution in [1.82, 2.24) is 9.66 Å². The summed E-state index contributed by atoms with van der Waals surface area (Å²) in [6.45, 7) is 1.82. The molecule has 3 aromatic rings. The standard InChI is InChI=1S/C17H12BrClN4O4/c1-2-15-21-13-4-3-10(18)6-12(13)17(25)22(15)20-8-9-5-11(19)7-14(16(9)24)23(26)27/h3-8,24H,2H2,1H3. The lowest BCUT2D eigenvalue weighted by molar-refractivity contribution is -0.385. The van der Waals surface area contributed by atoms with Gasteiger partial charge in [0.05, 0.1) is 22.0 Å². The maximum Gasteiger partial charge on any atom is 0.312 e. The lowest BCUT2D eigenvalue weighted by atomic mass is 10.2. The van der Waals surface area contributed by atoms with E-state index in [1.165, 1.54) is 6.07 Å². The van der Waals surface area contributed by atoms with Crippen LogP contribution >= 0.6 is 27.5 Å². The van der Waals surface area contributed by atoms with Crippen molar-refractivity contribution in [2.75, 3.05) is 0 Å². The van der Waals surface area contributed by atoms with Gasteiger partial charge in [0.2, 0.25) is 5.75 Å². The molecule has 1 aromatic heterocycles. The third-order valence-electron chi connectivity index (χ3n) is 3.78. The second kappa shape index (κ2) is 7.45. The van der Waals surface area contributed by atoms with E-state index in [9.17, 15) is 20.0 Å². The zero-order chi connectivity index (χ0) is 19.7. The van der Waals surface area contributed by atoms with Gasteiger partial charge in [-0.3, -0.25) is 14.9 Å². The molecule has 8 nitrogen and oxygen atoms in total. The summed E-state index contributed by atoms with van der Waals surface area (Å²) >= 11 is 9.19. The number of nitro benzene ring substituents is 1. The average Bonchev–Trinajstić information content (AvgIpc) is 2.63. The van der Waals surface area contributed by atoms with Crippen molar-refractivity contribution < 1.29 is 10.0 Å². The molecule has 1 N–H and O–H groups in total. The minimum absolute atomic E-state index is 0.0116. The first-order valence-electron chi connectivity index (χ1n) is 7.74. The quantitative estimate of drug-likeness (QED) is 0.368. The van der Waals surface area contributed by atoms with E-state index >= 15 is 0 Å². The van der Waals surface area contributed by atoms with Crippen LogP contribution in [0.4, 0.5) is 5.69 Å². The van der Waals surface area contributed by atoms with Gasteiger partial charge in [-0.1, -0.05) is 34.5 Å². The molecule has 0 atom stereocenters. The monoisotopic (exact) mass is 450 g/mol. The highest BCUT2D eigenvalue weighted by Gasteiger charge is 2.18. The summed E-state index contributed by atoms with van der Waals surface area (Å²) in [6.07, 6.45) is 1.57. The molecule has 0 bridgehead atoms. The van der Waals surface area contributed by atoms with Crippen LogP contribution in [0.1, 0.15) is 18.3 Å². The van der Waals surface area contributed by atoms with Crippen LogP contribution in [0.25, 0.3) is 10.9 Å². The first-order chi connectivity index (χ1) is 12.8. The third kappa shape index (κ3) is 3.69. The highest BCUT2D eigenvalue weighted by atomic mass is 79.9. The molecular formula is C17H12BrClN4O4. The number of fused-ring (bicyclic) bond motifs is 1. The zero-order valence-corrected chi connectivity index (χ0v) is 16.2. The Balaban J connectivity index is 2.18. The van der Waals surface area contributed by atoms with E-state index in [4.69, 9.17) is 11.6 Å². The number of aryl methyl sites for hydroxylation is 1. The molecule has 0 aliphatic heterocycles. The van der Waals surface area contributed by atoms with E-state index in [1.807, 2.05) is 6.92 Å². The Labute approximate surface area is 166 Å². The normalized spacial score (nSPS) is 11.4. The third-order valence-corrected chi connectivity index (χ3v) is 4.50. The topological polar surface area (TPSA) is 111 Å². The van der Waals surface area contributed by atoms with Gasteiger partial charge in [0, 0.05) is 27.5 Å². The van der Waals surface area contributed by atoms with Gasteiger partial charge >= 0.3 is 5.69 Å². The molecule has 0 saturated heterocycles. The predicted octanol–water partition coefficient (Wildman–Crippen LogP) is 3.87. The molecule has 3 rings (SSSR count). The number of rotatable bonds is 4. The van der Waals surface area contributed by atoms with Gasteiger partial charge in [0.15, 0.2) is 0 Å². The van der Waals surface area contributed by atoms with Gasteiger partial charge in [-0.2, -0.15) is 9.78 Å². The minimum Gasteiger partial charge on any atom is -0.502 e. The van der Waals surface area contributed by atoms with E-state index in [0.29, 0.717) is 23.1 Å². The van der Waals surface area contributed by atoms with Gasteiger partial charge in [-0.05, 0) is 24.3 Å². The van der Waals surface area contributed by atoms with Crippen molar-refractivity contribution in [1.29, 1.82) is 0 Å². The fourth-order valence-corrected chi connectivity index (χ4v) is 3.09. The molecular weight excluding hydrogens is 440 g/mol. The summed E-state index contributed by atoms with van der Waals surface area (Å²) < 4.78 is 1.82. The van der Waals surface area contributed by atoms with Crippen LogP contribution in [0.15, 0.2) is 44.7 Å². The maximum absolute atomic E-state index is 12.8. The molecule has 0 spiro atoms. The second-order valence-electron chi connectivity index (χ2n) is 5.52. The van der Waals surface area contributed by atoms with Gasteiger partial charge < -0.3 is 5.11 Å². The van der Waals surface area contributed by atoms with Crippen molar-refractivity contribution in [2.45, 2.75) is 13.3 Å². The van der Waals surface area contributed by atoms with Crippen LogP contribution in [-0.4, -0.2) is 25.9 Å². The van der Waals surface area contributed by atoms with Crippen molar-refractivity contribution in [2.24, 2.45) is 5.10 Å². The molecule has 0 unspecified atom stereocenters. The smallest absolute Gasteiger partial charge is 0.312 e. The highest BCUT2D eigenvalue weighted by molar-refractivity contribution is 9.10. The summed E-state index contributed by atoms with van der Waals surface area (Å²) in [5.41, 5.74) is -0.400.